The molecule has 4 rings (SSSR count). The summed E-state index contributed by atoms with van der Waals surface area (Å²) in [5.74, 6) is 1.05. The van der Waals surface area contributed by atoms with Crippen molar-refractivity contribution in [2.24, 2.45) is 5.92 Å². The fourth-order valence-electron chi connectivity index (χ4n) is 3.41. The second-order valence-electron chi connectivity index (χ2n) is 7.46. The van der Waals surface area contributed by atoms with Crippen LogP contribution in [0.3, 0.4) is 0 Å². The van der Waals surface area contributed by atoms with Gasteiger partial charge in [0.15, 0.2) is 5.82 Å². The number of carbonyl (C=O) groups excluding carboxylic acids is 2. The number of carbonyl (C=O) groups is 2. The molecule has 2 aliphatic rings. The summed E-state index contributed by atoms with van der Waals surface area (Å²) < 4.78 is 0. The molecule has 6 nitrogen and oxygen atoms in total. The van der Waals surface area contributed by atoms with E-state index in [-0.39, 0.29) is 23.7 Å². The Labute approximate surface area is 153 Å². The fraction of sp³-hybridized carbons (Fsp3) is 0.450. The molecule has 1 aliphatic carbocycles. The monoisotopic (exact) mass is 352 g/mol. The van der Waals surface area contributed by atoms with E-state index >= 15 is 0 Å². The average Bonchev–Trinajstić information content (AvgIpc) is 3.31. The van der Waals surface area contributed by atoms with Crippen LogP contribution in [0, 0.1) is 5.92 Å². The molecular formula is C20H24N4O2. The van der Waals surface area contributed by atoms with Gasteiger partial charge in [-0.3, -0.25) is 14.7 Å². The van der Waals surface area contributed by atoms with E-state index in [9.17, 15) is 9.59 Å². The molecule has 1 aliphatic heterocycles. The summed E-state index contributed by atoms with van der Waals surface area (Å²) in [6, 6.07) is 9.63. The van der Waals surface area contributed by atoms with Crippen LogP contribution in [0.2, 0.25) is 0 Å². The summed E-state index contributed by atoms with van der Waals surface area (Å²) in [7, 11) is 0. The highest BCUT2D eigenvalue weighted by Gasteiger charge is 2.29. The molecule has 1 saturated heterocycles. The van der Waals surface area contributed by atoms with Crippen LogP contribution in [0.4, 0.5) is 11.5 Å². The third kappa shape index (κ3) is 3.23. The van der Waals surface area contributed by atoms with E-state index < -0.39 is 0 Å². The summed E-state index contributed by atoms with van der Waals surface area (Å²) in [6.07, 6.45) is 3.28. The molecule has 2 atom stereocenters. The zero-order chi connectivity index (χ0) is 18.3. The van der Waals surface area contributed by atoms with Crippen molar-refractivity contribution in [1.82, 2.24) is 10.2 Å². The minimum absolute atomic E-state index is 0.0857. The summed E-state index contributed by atoms with van der Waals surface area (Å²) in [4.78, 5) is 26.5. The highest BCUT2D eigenvalue weighted by Crippen LogP contribution is 2.39. The topological polar surface area (TPSA) is 78.1 Å². The normalized spacial score (nSPS) is 21.1. The molecule has 0 spiro atoms. The maximum absolute atomic E-state index is 12.5. The van der Waals surface area contributed by atoms with E-state index in [2.05, 4.69) is 15.5 Å². The Bertz CT molecular complexity index is 823. The largest absolute Gasteiger partial charge is 0.312 e. The second kappa shape index (κ2) is 6.59. The number of aromatic nitrogens is 2. The Morgan fingerprint density at radius 1 is 1.27 bits per heavy atom. The van der Waals surface area contributed by atoms with Crippen molar-refractivity contribution < 1.29 is 9.59 Å². The van der Waals surface area contributed by atoms with Crippen LogP contribution in [0.15, 0.2) is 30.3 Å². The maximum atomic E-state index is 12.5. The van der Waals surface area contributed by atoms with Gasteiger partial charge < -0.3 is 10.2 Å². The maximum Gasteiger partial charge on any atom is 0.232 e. The Morgan fingerprint density at radius 2 is 2.00 bits per heavy atom. The molecule has 26 heavy (non-hydrogen) atoms. The highest BCUT2D eigenvalue weighted by molar-refractivity contribution is 5.97. The van der Waals surface area contributed by atoms with Gasteiger partial charge >= 0.3 is 0 Å². The van der Waals surface area contributed by atoms with Crippen LogP contribution in [0.25, 0.3) is 0 Å². The number of hydrogen-bond acceptors (Lipinski definition) is 3. The van der Waals surface area contributed by atoms with Crippen molar-refractivity contribution in [2.75, 3.05) is 16.8 Å². The number of amides is 2. The van der Waals surface area contributed by atoms with E-state index in [0.717, 1.165) is 29.9 Å². The lowest BCUT2D eigenvalue weighted by Crippen LogP contribution is -2.26. The Kier molecular flexibility index (Phi) is 4.26. The van der Waals surface area contributed by atoms with E-state index in [1.165, 1.54) is 12.8 Å². The van der Waals surface area contributed by atoms with Crippen molar-refractivity contribution in [3.63, 3.8) is 0 Å². The van der Waals surface area contributed by atoms with Crippen molar-refractivity contribution in [1.29, 1.82) is 0 Å². The van der Waals surface area contributed by atoms with Crippen LogP contribution < -0.4 is 10.2 Å². The van der Waals surface area contributed by atoms with Gasteiger partial charge in [-0.15, -0.1) is 0 Å². The smallest absolute Gasteiger partial charge is 0.232 e. The first-order valence-corrected chi connectivity index (χ1v) is 9.30. The summed E-state index contributed by atoms with van der Waals surface area (Å²) >= 11 is 0. The van der Waals surface area contributed by atoms with Gasteiger partial charge in [-0.05, 0) is 43.9 Å². The standard InChI is InChI=1S/C20H24N4O2/c1-12-9-10-24(20(12)26)16-7-5-14(6-8-16)13(2)19(25)21-18-11-17(22-23-18)15-3-4-15/h5-8,11-13,15H,3-4,9-10H2,1-2H3,(H2,21,22,23,25). The van der Waals surface area contributed by atoms with Gasteiger partial charge in [-0.1, -0.05) is 19.1 Å². The quantitative estimate of drug-likeness (QED) is 0.866. The van der Waals surface area contributed by atoms with Crippen LogP contribution in [-0.2, 0) is 9.59 Å². The van der Waals surface area contributed by atoms with Crippen LogP contribution in [0.5, 0.6) is 0 Å². The number of rotatable bonds is 5. The molecule has 1 saturated carbocycles. The number of hydrogen-bond donors (Lipinski definition) is 2. The van der Waals surface area contributed by atoms with Gasteiger partial charge in [-0.25, -0.2) is 0 Å². The molecule has 1 aromatic carbocycles. The molecule has 1 aromatic heterocycles. The van der Waals surface area contributed by atoms with E-state index in [1.54, 1.807) is 0 Å². The van der Waals surface area contributed by atoms with E-state index in [0.29, 0.717) is 11.7 Å². The van der Waals surface area contributed by atoms with Gasteiger partial charge in [0.05, 0.1) is 5.92 Å². The van der Waals surface area contributed by atoms with E-state index in [1.807, 2.05) is 49.1 Å². The second-order valence-corrected chi connectivity index (χ2v) is 7.46. The van der Waals surface area contributed by atoms with Crippen molar-refractivity contribution in [3.05, 3.63) is 41.6 Å². The van der Waals surface area contributed by atoms with Gasteiger partial charge in [0.1, 0.15) is 0 Å². The SMILES string of the molecule is CC1CCN(c2ccc(C(C)C(=O)Nc3cc(C4CC4)[nH]n3)cc2)C1=O. The predicted molar refractivity (Wildman–Crippen MR) is 100 cm³/mol. The molecule has 0 bridgehead atoms. The number of benzene rings is 1. The molecular weight excluding hydrogens is 328 g/mol. The molecule has 2 fully saturated rings. The van der Waals surface area contributed by atoms with Crippen LogP contribution in [-0.4, -0.2) is 28.6 Å². The van der Waals surface area contributed by atoms with Gasteiger partial charge in [0.25, 0.3) is 0 Å². The van der Waals surface area contributed by atoms with Gasteiger partial charge in [0, 0.05) is 35.8 Å². The zero-order valence-electron chi connectivity index (χ0n) is 15.2. The first-order chi connectivity index (χ1) is 12.5. The lowest BCUT2D eigenvalue weighted by molar-refractivity contribution is -0.120. The first kappa shape index (κ1) is 16.8. The molecule has 2 amide bonds. The minimum Gasteiger partial charge on any atom is -0.312 e. The number of anilines is 2. The van der Waals surface area contributed by atoms with Gasteiger partial charge in [-0.2, -0.15) is 5.10 Å². The fourth-order valence-corrected chi connectivity index (χ4v) is 3.41. The minimum atomic E-state index is -0.293. The molecule has 6 heteroatoms. The molecule has 2 N–H and O–H groups in total. The summed E-state index contributed by atoms with van der Waals surface area (Å²) in [5.41, 5.74) is 2.92. The summed E-state index contributed by atoms with van der Waals surface area (Å²) in [5, 5.41) is 10.1. The number of aromatic amines is 1. The van der Waals surface area contributed by atoms with Crippen LogP contribution >= 0.6 is 0 Å². The van der Waals surface area contributed by atoms with Crippen molar-refractivity contribution >= 4 is 23.3 Å². The Hall–Kier alpha value is -2.63. The number of nitrogens with zero attached hydrogens (tertiary/aromatic N) is 2. The van der Waals surface area contributed by atoms with Crippen molar-refractivity contribution in [2.45, 2.75) is 44.9 Å². The zero-order valence-corrected chi connectivity index (χ0v) is 15.2. The van der Waals surface area contributed by atoms with E-state index in [4.69, 9.17) is 0 Å². The predicted octanol–water partition coefficient (Wildman–Crippen LogP) is 3.40. The highest BCUT2D eigenvalue weighted by atomic mass is 16.2. The Morgan fingerprint density at radius 3 is 2.62 bits per heavy atom. The molecule has 2 unspecified atom stereocenters. The third-order valence-electron chi connectivity index (χ3n) is 5.44. The molecule has 0 radical (unpaired) electrons. The first-order valence-electron chi connectivity index (χ1n) is 9.30. The van der Waals surface area contributed by atoms with Gasteiger partial charge in [0.2, 0.25) is 11.8 Å². The third-order valence-corrected chi connectivity index (χ3v) is 5.44. The molecule has 136 valence electrons. The molecule has 2 heterocycles. The summed E-state index contributed by atoms with van der Waals surface area (Å²) in [6.45, 7) is 4.60. The lowest BCUT2D eigenvalue weighted by Gasteiger charge is -2.18. The lowest BCUT2D eigenvalue weighted by atomic mass is 10.00. The van der Waals surface area contributed by atoms with Crippen LogP contribution in [0.1, 0.15) is 56.2 Å². The average molecular weight is 352 g/mol. The number of H-pyrrole nitrogens is 1. The Balaban J connectivity index is 1.41. The van der Waals surface area contributed by atoms with Crippen molar-refractivity contribution in [3.8, 4) is 0 Å². The molecule has 2 aromatic rings. The number of nitrogens with one attached hydrogen (secondary N) is 2.